The van der Waals surface area contributed by atoms with Gasteiger partial charge in [-0.25, -0.2) is 0 Å². The van der Waals surface area contributed by atoms with Crippen molar-refractivity contribution in [3.05, 3.63) is 23.8 Å². The van der Waals surface area contributed by atoms with E-state index in [4.69, 9.17) is 14.6 Å². The molecule has 4 nitrogen and oxygen atoms in total. The molecule has 4 heteroatoms. The van der Waals surface area contributed by atoms with Crippen LogP contribution in [-0.4, -0.2) is 31.5 Å². The van der Waals surface area contributed by atoms with Crippen molar-refractivity contribution in [3.63, 3.8) is 0 Å². The van der Waals surface area contributed by atoms with Crippen molar-refractivity contribution < 1.29 is 14.6 Å². The number of rotatable bonds is 7. The van der Waals surface area contributed by atoms with Gasteiger partial charge in [-0.15, -0.1) is 0 Å². The van der Waals surface area contributed by atoms with Gasteiger partial charge in [-0.1, -0.05) is 13.0 Å². The zero-order valence-corrected chi connectivity index (χ0v) is 13.3. The summed E-state index contributed by atoms with van der Waals surface area (Å²) in [4.78, 5) is 0. The Balaban J connectivity index is 2.01. The normalized spacial score (nSPS) is 23.0. The number of aliphatic hydroxyl groups excluding tert-OH is 1. The van der Waals surface area contributed by atoms with Gasteiger partial charge in [-0.2, -0.15) is 0 Å². The molecule has 3 unspecified atom stereocenters. The van der Waals surface area contributed by atoms with E-state index in [1.54, 1.807) is 7.11 Å². The fraction of sp³-hybridized carbons (Fsp3) is 0.647. The second kappa shape index (κ2) is 7.66. The molecule has 0 bridgehead atoms. The number of aliphatic hydroxyl groups is 1. The highest BCUT2D eigenvalue weighted by Crippen LogP contribution is 2.32. The largest absolute Gasteiger partial charge is 0.493 e. The lowest BCUT2D eigenvalue weighted by molar-refractivity contribution is 0.196. The molecule has 1 aromatic carbocycles. The van der Waals surface area contributed by atoms with Crippen LogP contribution in [0, 0.1) is 5.92 Å². The van der Waals surface area contributed by atoms with Crippen molar-refractivity contribution in [2.75, 3.05) is 20.3 Å². The number of ether oxygens (including phenoxy) is 2. The van der Waals surface area contributed by atoms with Crippen LogP contribution in [0.4, 0.5) is 0 Å². The van der Waals surface area contributed by atoms with Gasteiger partial charge in [-0.05, 0) is 49.8 Å². The maximum atomic E-state index is 8.84. The van der Waals surface area contributed by atoms with Crippen molar-refractivity contribution in [2.24, 2.45) is 5.92 Å². The summed E-state index contributed by atoms with van der Waals surface area (Å²) in [5.41, 5.74) is 1.20. The quantitative estimate of drug-likeness (QED) is 0.811. The standard InChI is InChI=1S/C17H27NO3/c1-12-4-6-15(10-12)18-13(2)14-5-7-16(21-9-8-19)17(11-14)20-3/h5,7,11-13,15,18-19H,4,6,8-10H2,1-3H3. The minimum atomic E-state index is 0.00271. The monoisotopic (exact) mass is 293 g/mol. The average Bonchev–Trinajstić information content (AvgIpc) is 2.90. The molecule has 0 amide bonds. The molecule has 3 atom stereocenters. The summed E-state index contributed by atoms with van der Waals surface area (Å²) >= 11 is 0. The lowest BCUT2D eigenvalue weighted by Gasteiger charge is -2.21. The SMILES string of the molecule is COc1cc(C(C)NC2CCC(C)C2)ccc1OCCO. The molecule has 0 aliphatic heterocycles. The highest BCUT2D eigenvalue weighted by molar-refractivity contribution is 5.43. The third-order valence-corrected chi connectivity index (χ3v) is 4.22. The summed E-state index contributed by atoms with van der Waals surface area (Å²) < 4.78 is 10.8. The second-order valence-electron chi connectivity index (χ2n) is 5.99. The number of nitrogens with one attached hydrogen (secondary N) is 1. The Kier molecular flexibility index (Phi) is 5.88. The van der Waals surface area contributed by atoms with E-state index in [1.165, 1.54) is 24.8 Å². The lowest BCUT2D eigenvalue weighted by Crippen LogP contribution is -2.29. The van der Waals surface area contributed by atoms with Crippen LogP contribution in [0.1, 0.15) is 44.7 Å². The second-order valence-corrected chi connectivity index (χ2v) is 5.99. The van der Waals surface area contributed by atoms with E-state index in [0.717, 1.165) is 11.7 Å². The minimum Gasteiger partial charge on any atom is -0.493 e. The molecule has 2 rings (SSSR count). The van der Waals surface area contributed by atoms with Gasteiger partial charge in [0.2, 0.25) is 0 Å². The van der Waals surface area contributed by atoms with Crippen LogP contribution in [-0.2, 0) is 0 Å². The van der Waals surface area contributed by atoms with Gasteiger partial charge in [0.15, 0.2) is 11.5 Å². The summed E-state index contributed by atoms with van der Waals surface area (Å²) in [6, 6.07) is 6.90. The summed E-state index contributed by atoms with van der Waals surface area (Å²) in [6.45, 7) is 4.79. The van der Waals surface area contributed by atoms with Gasteiger partial charge >= 0.3 is 0 Å². The van der Waals surface area contributed by atoms with Crippen molar-refractivity contribution in [3.8, 4) is 11.5 Å². The molecule has 0 radical (unpaired) electrons. The topological polar surface area (TPSA) is 50.7 Å². The Morgan fingerprint density at radius 1 is 1.33 bits per heavy atom. The lowest BCUT2D eigenvalue weighted by atomic mass is 10.1. The third kappa shape index (κ3) is 4.35. The van der Waals surface area contributed by atoms with Crippen LogP contribution >= 0.6 is 0 Å². The molecule has 2 N–H and O–H groups in total. The van der Waals surface area contributed by atoms with Gasteiger partial charge in [0.25, 0.3) is 0 Å². The molecule has 1 aliphatic carbocycles. The van der Waals surface area contributed by atoms with Crippen molar-refractivity contribution in [1.29, 1.82) is 0 Å². The predicted octanol–water partition coefficient (Wildman–Crippen LogP) is 2.91. The molecule has 118 valence electrons. The van der Waals surface area contributed by atoms with E-state index in [2.05, 4.69) is 25.2 Å². The highest BCUT2D eigenvalue weighted by atomic mass is 16.5. The fourth-order valence-corrected chi connectivity index (χ4v) is 3.04. The zero-order valence-electron chi connectivity index (χ0n) is 13.3. The van der Waals surface area contributed by atoms with Crippen LogP contribution in [0.5, 0.6) is 11.5 Å². The Hall–Kier alpha value is -1.26. The smallest absolute Gasteiger partial charge is 0.161 e. The van der Waals surface area contributed by atoms with Crippen molar-refractivity contribution >= 4 is 0 Å². The van der Waals surface area contributed by atoms with Gasteiger partial charge in [0.1, 0.15) is 6.61 Å². The van der Waals surface area contributed by atoms with E-state index in [1.807, 2.05) is 12.1 Å². The first-order chi connectivity index (χ1) is 10.1. The van der Waals surface area contributed by atoms with E-state index in [-0.39, 0.29) is 13.2 Å². The third-order valence-electron chi connectivity index (χ3n) is 4.22. The van der Waals surface area contributed by atoms with Gasteiger partial charge in [0.05, 0.1) is 13.7 Å². The molecule has 0 spiro atoms. The Morgan fingerprint density at radius 3 is 2.76 bits per heavy atom. The van der Waals surface area contributed by atoms with E-state index >= 15 is 0 Å². The summed E-state index contributed by atoms with van der Waals surface area (Å²) in [7, 11) is 1.64. The van der Waals surface area contributed by atoms with Crippen molar-refractivity contribution in [1.82, 2.24) is 5.32 Å². The van der Waals surface area contributed by atoms with E-state index in [9.17, 15) is 0 Å². The molecule has 0 aromatic heterocycles. The molecule has 1 saturated carbocycles. The average molecular weight is 293 g/mol. The van der Waals surface area contributed by atoms with E-state index in [0.29, 0.717) is 17.8 Å². The Morgan fingerprint density at radius 2 is 2.14 bits per heavy atom. The van der Waals surface area contributed by atoms with Crippen molar-refractivity contribution in [2.45, 2.75) is 45.2 Å². The molecule has 21 heavy (non-hydrogen) atoms. The first-order valence-corrected chi connectivity index (χ1v) is 7.81. The van der Waals surface area contributed by atoms with Gasteiger partial charge in [-0.3, -0.25) is 0 Å². The maximum Gasteiger partial charge on any atom is 0.161 e. The van der Waals surface area contributed by atoms with Crippen LogP contribution < -0.4 is 14.8 Å². The molecular formula is C17H27NO3. The summed E-state index contributed by atoms with van der Waals surface area (Å²) in [6.07, 6.45) is 3.85. The van der Waals surface area contributed by atoms with Crippen LogP contribution in [0.3, 0.4) is 0 Å². The minimum absolute atomic E-state index is 0.00271. The molecular weight excluding hydrogens is 266 g/mol. The van der Waals surface area contributed by atoms with E-state index < -0.39 is 0 Å². The van der Waals surface area contributed by atoms with Crippen LogP contribution in [0.25, 0.3) is 0 Å². The Labute approximate surface area is 127 Å². The highest BCUT2D eigenvalue weighted by Gasteiger charge is 2.23. The van der Waals surface area contributed by atoms with Gasteiger partial charge in [0, 0.05) is 12.1 Å². The number of methoxy groups -OCH3 is 1. The molecule has 1 aliphatic rings. The van der Waals surface area contributed by atoms with Crippen LogP contribution in [0.15, 0.2) is 18.2 Å². The predicted molar refractivity (Wildman–Crippen MR) is 83.9 cm³/mol. The molecule has 1 aromatic rings. The maximum absolute atomic E-state index is 8.84. The van der Waals surface area contributed by atoms with Crippen LogP contribution in [0.2, 0.25) is 0 Å². The molecule has 0 heterocycles. The molecule has 1 fully saturated rings. The first kappa shape index (κ1) is 16.1. The number of hydrogen-bond donors (Lipinski definition) is 2. The summed E-state index contributed by atoms with van der Waals surface area (Å²) in [5.74, 6) is 2.23. The van der Waals surface area contributed by atoms with Gasteiger partial charge < -0.3 is 19.9 Å². The number of hydrogen-bond acceptors (Lipinski definition) is 4. The Bertz CT molecular complexity index is 450. The molecule has 0 saturated heterocycles. The summed E-state index contributed by atoms with van der Waals surface area (Å²) in [5, 5.41) is 12.5. The zero-order chi connectivity index (χ0) is 15.2. The first-order valence-electron chi connectivity index (χ1n) is 7.81. The fourth-order valence-electron chi connectivity index (χ4n) is 3.04. The number of benzene rings is 1.